The molecular formula is C15H19NO. The average molecular weight is 229 g/mol. The van der Waals surface area contributed by atoms with Crippen molar-refractivity contribution in [2.75, 3.05) is 18.6 Å². The Morgan fingerprint density at radius 1 is 1.06 bits per heavy atom. The second-order valence-electron chi connectivity index (χ2n) is 5.03. The van der Waals surface area contributed by atoms with Crippen molar-refractivity contribution in [1.29, 1.82) is 0 Å². The number of fused-ring (bicyclic) bond motifs is 1. The number of aliphatic hydroxyl groups excluding tert-OH is 1. The van der Waals surface area contributed by atoms with Crippen LogP contribution in [0.5, 0.6) is 0 Å². The predicted octanol–water partition coefficient (Wildman–Crippen LogP) is 3.05. The zero-order chi connectivity index (χ0) is 12.5. The van der Waals surface area contributed by atoms with Crippen molar-refractivity contribution in [3.8, 4) is 0 Å². The number of hydrogen-bond donors (Lipinski definition) is 1. The summed E-state index contributed by atoms with van der Waals surface area (Å²) in [6.07, 6.45) is 0. The molecule has 0 atom stereocenters. The van der Waals surface area contributed by atoms with Crippen LogP contribution in [0.1, 0.15) is 13.8 Å². The molecule has 0 aliphatic carbocycles. The summed E-state index contributed by atoms with van der Waals surface area (Å²) in [6.45, 7) is 4.20. The molecule has 0 aromatic heterocycles. The van der Waals surface area contributed by atoms with Crippen molar-refractivity contribution in [3.05, 3.63) is 42.5 Å². The Kier molecular flexibility index (Phi) is 3.07. The van der Waals surface area contributed by atoms with Gasteiger partial charge >= 0.3 is 0 Å². The van der Waals surface area contributed by atoms with Crippen LogP contribution in [0.15, 0.2) is 42.5 Å². The molecule has 0 aliphatic rings. The lowest BCUT2D eigenvalue weighted by molar-refractivity contribution is 0.216. The van der Waals surface area contributed by atoms with E-state index in [-0.39, 0.29) is 12.1 Å². The summed E-state index contributed by atoms with van der Waals surface area (Å²) in [5.74, 6) is 0. The van der Waals surface area contributed by atoms with Crippen molar-refractivity contribution >= 4 is 16.5 Å². The van der Waals surface area contributed by atoms with Crippen LogP contribution in [0.3, 0.4) is 0 Å². The van der Waals surface area contributed by atoms with E-state index in [1.165, 1.54) is 10.8 Å². The molecular weight excluding hydrogens is 210 g/mol. The number of likely N-dealkylation sites (N-methyl/N-ethyl adjacent to an activating group) is 1. The van der Waals surface area contributed by atoms with Gasteiger partial charge in [-0.2, -0.15) is 0 Å². The summed E-state index contributed by atoms with van der Waals surface area (Å²) < 4.78 is 0. The van der Waals surface area contributed by atoms with Crippen molar-refractivity contribution in [2.45, 2.75) is 19.4 Å². The third kappa shape index (κ3) is 2.13. The van der Waals surface area contributed by atoms with Gasteiger partial charge in [0.25, 0.3) is 0 Å². The van der Waals surface area contributed by atoms with E-state index in [1.54, 1.807) is 0 Å². The van der Waals surface area contributed by atoms with Gasteiger partial charge in [-0.1, -0.05) is 36.4 Å². The molecule has 0 spiro atoms. The average Bonchev–Trinajstić information content (AvgIpc) is 2.37. The number of aliphatic hydroxyl groups is 1. The van der Waals surface area contributed by atoms with E-state index in [2.05, 4.69) is 35.2 Å². The quantitative estimate of drug-likeness (QED) is 0.874. The fraction of sp³-hybridized carbons (Fsp3) is 0.333. The van der Waals surface area contributed by atoms with E-state index in [0.29, 0.717) is 0 Å². The minimum Gasteiger partial charge on any atom is -0.394 e. The predicted molar refractivity (Wildman–Crippen MR) is 73.5 cm³/mol. The first kappa shape index (κ1) is 11.9. The highest BCUT2D eigenvalue weighted by Crippen LogP contribution is 2.29. The highest BCUT2D eigenvalue weighted by Gasteiger charge is 2.23. The van der Waals surface area contributed by atoms with E-state index in [1.807, 2.05) is 33.0 Å². The molecule has 2 aromatic carbocycles. The van der Waals surface area contributed by atoms with E-state index in [0.717, 1.165) is 5.69 Å². The van der Waals surface area contributed by atoms with Gasteiger partial charge < -0.3 is 10.0 Å². The largest absolute Gasteiger partial charge is 0.394 e. The molecule has 0 fully saturated rings. The molecule has 0 heterocycles. The van der Waals surface area contributed by atoms with Crippen LogP contribution in [-0.2, 0) is 0 Å². The van der Waals surface area contributed by atoms with Crippen molar-refractivity contribution in [3.63, 3.8) is 0 Å². The Hall–Kier alpha value is -1.54. The molecule has 0 aliphatic heterocycles. The second-order valence-corrected chi connectivity index (χ2v) is 5.03. The third-order valence-corrected chi connectivity index (χ3v) is 3.42. The summed E-state index contributed by atoms with van der Waals surface area (Å²) in [6, 6.07) is 14.6. The lowest BCUT2D eigenvalue weighted by Gasteiger charge is -2.36. The maximum Gasteiger partial charge on any atom is 0.0658 e. The second kappa shape index (κ2) is 4.38. The first-order valence-corrected chi connectivity index (χ1v) is 5.89. The first-order chi connectivity index (χ1) is 8.06. The standard InChI is InChI=1S/C15H19NO/c1-15(2,11-17)16(3)14-10-6-8-12-7-4-5-9-13(12)14/h4-10,17H,11H2,1-3H3. The summed E-state index contributed by atoms with van der Waals surface area (Å²) in [4.78, 5) is 2.13. The highest BCUT2D eigenvalue weighted by atomic mass is 16.3. The summed E-state index contributed by atoms with van der Waals surface area (Å²) in [5, 5.41) is 11.9. The molecule has 1 N–H and O–H groups in total. The number of rotatable bonds is 3. The van der Waals surface area contributed by atoms with Crippen LogP contribution < -0.4 is 4.90 Å². The van der Waals surface area contributed by atoms with Gasteiger partial charge in [0.15, 0.2) is 0 Å². The van der Waals surface area contributed by atoms with E-state index in [9.17, 15) is 5.11 Å². The number of hydrogen-bond acceptors (Lipinski definition) is 2. The van der Waals surface area contributed by atoms with Gasteiger partial charge in [-0.15, -0.1) is 0 Å². The van der Waals surface area contributed by atoms with E-state index in [4.69, 9.17) is 0 Å². The SMILES string of the molecule is CN(c1cccc2ccccc12)C(C)(C)CO. The van der Waals surface area contributed by atoms with Crippen molar-refractivity contribution < 1.29 is 5.11 Å². The zero-order valence-corrected chi connectivity index (χ0v) is 10.6. The lowest BCUT2D eigenvalue weighted by atomic mass is 10.0. The molecule has 0 amide bonds. The van der Waals surface area contributed by atoms with E-state index >= 15 is 0 Å². The smallest absolute Gasteiger partial charge is 0.0658 e. The molecule has 0 saturated heterocycles. The molecule has 2 rings (SSSR count). The maximum absolute atomic E-state index is 9.46. The minimum absolute atomic E-state index is 0.132. The summed E-state index contributed by atoms with van der Waals surface area (Å²) >= 11 is 0. The molecule has 2 heteroatoms. The van der Waals surface area contributed by atoms with Gasteiger partial charge in [-0.05, 0) is 25.3 Å². The van der Waals surface area contributed by atoms with Crippen LogP contribution in [-0.4, -0.2) is 24.3 Å². The Morgan fingerprint density at radius 2 is 1.71 bits per heavy atom. The maximum atomic E-state index is 9.46. The molecule has 0 bridgehead atoms. The lowest BCUT2D eigenvalue weighted by Crippen LogP contribution is -2.44. The summed E-state index contributed by atoms with van der Waals surface area (Å²) in [7, 11) is 2.03. The molecule has 90 valence electrons. The highest BCUT2D eigenvalue weighted by molar-refractivity contribution is 5.94. The Bertz CT molecular complexity index is 514. The third-order valence-electron chi connectivity index (χ3n) is 3.42. The van der Waals surface area contributed by atoms with Crippen LogP contribution in [0.4, 0.5) is 5.69 Å². The molecule has 0 unspecified atom stereocenters. The van der Waals surface area contributed by atoms with Crippen LogP contribution in [0.2, 0.25) is 0 Å². The Balaban J connectivity index is 2.56. The van der Waals surface area contributed by atoms with Gasteiger partial charge in [0, 0.05) is 18.1 Å². The Labute approximate surface area is 102 Å². The zero-order valence-electron chi connectivity index (χ0n) is 10.6. The normalized spacial score (nSPS) is 11.8. The molecule has 2 aromatic rings. The van der Waals surface area contributed by atoms with Gasteiger partial charge in [-0.3, -0.25) is 0 Å². The number of benzene rings is 2. The Morgan fingerprint density at radius 3 is 2.41 bits per heavy atom. The van der Waals surface area contributed by atoms with Crippen LogP contribution >= 0.6 is 0 Å². The van der Waals surface area contributed by atoms with Crippen LogP contribution in [0, 0.1) is 0 Å². The molecule has 0 saturated carbocycles. The van der Waals surface area contributed by atoms with Gasteiger partial charge in [0.2, 0.25) is 0 Å². The minimum atomic E-state index is -0.260. The first-order valence-electron chi connectivity index (χ1n) is 5.89. The fourth-order valence-corrected chi connectivity index (χ4v) is 1.93. The number of nitrogens with zero attached hydrogens (tertiary/aromatic N) is 1. The molecule has 2 nitrogen and oxygen atoms in total. The fourth-order valence-electron chi connectivity index (χ4n) is 1.93. The topological polar surface area (TPSA) is 23.5 Å². The van der Waals surface area contributed by atoms with Gasteiger partial charge in [0.05, 0.1) is 12.1 Å². The molecule has 17 heavy (non-hydrogen) atoms. The summed E-state index contributed by atoms with van der Waals surface area (Å²) in [5.41, 5.74) is 0.895. The number of anilines is 1. The van der Waals surface area contributed by atoms with Gasteiger partial charge in [0.1, 0.15) is 0 Å². The van der Waals surface area contributed by atoms with Crippen LogP contribution in [0.25, 0.3) is 10.8 Å². The van der Waals surface area contributed by atoms with Crippen molar-refractivity contribution in [1.82, 2.24) is 0 Å². The monoisotopic (exact) mass is 229 g/mol. The van der Waals surface area contributed by atoms with Gasteiger partial charge in [-0.25, -0.2) is 0 Å². The van der Waals surface area contributed by atoms with Crippen molar-refractivity contribution in [2.24, 2.45) is 0 Å². The molecule has 0 radical (unpaired) electrons. The van der Waals surface area contributed by atoms with E-state index < -0.39 is 0 Å².